The number of aromatic nitrogens is 2. The Kier molecular flexibility index (Phi) is 4.60. The first-order chi connectivity index (χ1) is 14.3. The Morgan fingerprint density at radius 3 is 2.83 bits per heavy atom. The molecule has 2 heterocycles. The number of likely N-dealkylation sites (N-methyl/N-ethyl adjacent to an activating group) is 1. The summed E-state index contributed by atoms with van der Waals surface area (Å²) in [5.74, 6) is 3.32. The number of H-pyrrole nitrogens is 1. The molecule has 1 aromatic heterocycles. The van der Waals surface area contributed by atoms with Crippen LogP contribution in [0.2, 0.25) is 0 Å². The van der Waals surface area contributed by atoms with Crippen LogP contribution in [-0.4, -0.2) is 40.0 Å². The summed E-state index contributed by atoms with van der Waals surface area (Å²) in [6, 6.07) is 2.12. The fourth-order valence-electron chi connectivity index (χ4n) is 7.93. The molecule has 2 amide bonds. The highest BCUT2D eigenvalue weighted by molar-refractivity contribution is 5.90. The van der Waals surface area contributed by atoms with Crippen LogP contribution in [0.5, 0.6) is 0 Å². The molecule has 162 valence electrons. The molecule has 3 fully saturated rings. The van der Waals surface area contributed by atoms with Crippen molar-refractivity contribution in [1.82, 2.24) is 15.1 Å². The summed E-state index contributed by atoms with van der Waals surface area (Å²) in [7, 11) is 1.98. The summed E-state index contributed by atoms with van der Waals surface area (Å²) in [4.78, 5) is 26.9. The van der Waals surface area contributed by atoms with Crippen LogP contribution >= 0.6 is 0 Å². The zero-order valence-electron chi connectivity index (χ0n) is 18.4. The maximum absolute atomic E-state index is 12.7. The van der Waals surface area contributed by atoms with Gasteiger partial charge in [0.2, 0.25) is 11.8 Å². The van der Waals surface area contributed by atoms with Gasteiger partial charge in [-0.15, -0.1) is 0 Å². The van der Waals surface area contributed by atoms with E-state index in [0.717, 1.165) is 12.8 Å². The van der Waals surface area contributed by atoms with Crippen molar-refractivity contribution in [3.05, 3.63) is 24.4 Å². The van der Waals surface area contributed by atoms with E-state index in [1.807, 2.05) is 18.0 Å². The largest absolute Gasteiger partial charge is 0.338 e. The smallest absolute Gasteiger partial charge is 0.246 e. The molecule has 1 aromatic rings. The van der Waals surface area contributed by atoms with Gasteiger partial charge in [-0.3, -0.25) is 14.7 Å². The highest BCUT2D eigenvalue weighted by atomic mass is 16.2. The Morgan fingerprint density at radius 2 is 2.07 bits per heavy atom. The lowest BCUT2D eigenvalue weighted by Gasteiger charge is -2.60. The normalized spacial score (nSPS) is 42.4. The molecule has 0 saturated heterocycles. The third kappa shape index (κ3) is 2.86. The second-order valence-electron chi connectivity index (χ2n) is 10.6. The second kappa shape index (κ2) is 6.96. The lowest BCUT2D eigenvalue weighted by Crippen LogP contribution is -2.59. The van der Waals surface area contributed by atoms with Crippen molar-refractivity contribution in [3.63, 3.8) is 0 Å². The monoisotopic (exact) mass is 410 g/mol. The SMILES string of the molecule is CN1C(=O)C=C[C@]2(C)[C@H]3CC[C@]4(C)[C@@H](CC(=O)Nc5cc[nH]n5)CC[C@H]4[C@@H]3CC[C@@H]12. The van der Waals surface area contributed by atoms with Crippen LogP contribution in [0.1, 0.15) is 58.8 Å². The molecular formula is C24H34N4O2. The first-order valence-electron chi connectivity index (χ1n) is 11.6. The summed E-state index contributed by atoms with van der Waals surface area (Å²) < 4.78 is 0. The number of fused-ring (bicyclic) bond motifs is 5. The van der Waals surface area contributed by atoms with Crippen LogP contribution in [0.4, 0.5) is 5.82 Å². The average Bonchev–Trinajstić information content (AvgIpc) is 3.33. The molecule has 6 heteroatoms. The molecule has 3 aliphatic carbocycles. The maximum Gasteiger partial charge on any atom is 0.246 e. The van der Waals surface area contributed by atoms with Crippen molar-refractivity contribution in [2.24, 2.45) is 34.5 Å². The molecule has 0 radical (unpaired) electrons. The summed E-state index contributed by atoms with van der Waals surface area (Å²) in [6.07, 6.45) is 13.4. The zero-order chi connectivity index (χ0) is 21.1. The number of hydrogen-bond donors (Lipinski definition) is 2. The highest BCUT2D eigenvalue weighted by Gasteiger charge is 2.60. The number of nitrogens with zero attached hydrogens (tertiary/aromatic N) is 2. The zero-order valence-corrected chi connectivity index (χ0v) is 18.4. The van der Waals surface area contributed by atoms with Gasteiger partial charge in [-0.2, -0.15) is 5.10 Å². The van der Waals surface area contributed by atoms with Gasteiger partial charge in [0.25, 0.3) is 0 Å². The van der Waals surface area contributed by atoms with E-state index < -0.39 is 0 Å². The van der Waals surface area contributed by atoms with Gasteiger partial charge in [0.15, 0.2) is 5.82 Å². The number of aromatic amines is 1. The van der Waals surface area contributed by atoms with E-state index in [1.54, 1.807) is 12.3 Å². The molecule has 6 nitrogen and oxygen atoms in total. The van der Waals surface area contributed by atoms with Gasteiger partial charge in [0.1, 0.15) is 0 Å². The van der Waals surface area contributed by atoms with Crippen molar-refractivity contribution >= 4 is 17.6 Å². The molecule has 5 rings (SSSR count). The van der Waals surface area contributed by atoms with Crippen LogP contribution < -0.4 is 5.32 Å². The first kappa shape index (κ1) is 19.8. The topological polar surface area (TPSA) is 78.1 Å². The van der Waals surface area contributed by atoms with Gasteiger partial charge in [-0.25, -0.2) is 0 Å². The Morgan fingerprint density at radius 1 is 1.23 bits per heavy atom. The van der Waals surface area contributed by atoms with Crippen LogP contribution in [-0.2, 0) is 9.59 Å². The highest BCUT2D eigenvalue weighted by Crippen LogP contribution is 2.65. The van der Waals surface area contributed by atoms with Crippen LogP contribution in [0, 0.1) is 34.5 Å². The summed E-state index contributed by atoms with van der Waals surface area (Å²) in [6.45, 7) is 4.84. The van der Waals surface area contributed by atoms with Crippen molar-refractivity contribution in [3.8, 4) is 0 Å². The Balaban J connectivity index is 1.33. The Hall–Kier alpha value is -2.11. The van der Waals surface area contributed by atoms with E-state index in [2.05, 4.69) is 35.4 Å². The van der Waals surface area contributed by atoms with E-state index in [9.17, 15) is 9.59 Å². The summed E-state index contributed by atoms with van der Waals surface area (Å²) in [5.41, 5.74) is 0.329. The van der Waals surface area contributed by atoms with E-state index >= 15 is 0 Å². The fourth-order valence-corrected chi connectivity index (χ4v) is 7.93. The van der Waals surface area contributed by atoms with Crippen LogP contribution in [0.15, 0.2) is 24.4 Å². The van der Waals surface area contributed by atoms with Gasteiger partial charge in [-0.1, -0.05) is 19.9 Å². The molecule has 2 N–H and O–H groups in total. The number of hydrogen-bond acceptors (Lipinski definition) is 3. The molecule has 3 saturated carbocycles. The first-order valence-corrected chi connectivity index (χ1v) is 11.6. The number of amides is 2. The number of rotatable bonds is 3. The van der Waals surface area contributed by atoms with Crippen molar-refractivity contribution < 1.29 is 9.59 Å². The third-order valence-corrected chi connectivity index (χ3v) is 9.52. The van der Waals surface area contributed by atoms with E-state index in [4.69, 9.17) is 0 Å². The van der Waals surface area contributed by atoms with Gasteiger partial charge in [-0.05, 0) is 73.7 Å². The van der Waals surface area contributed by atoms with Crippen molar-refractivity contribution in [1.29, 1.82) is 0 Å². The minimum Gasteiger partial charge on any atom is -0.338 e. The predicted molar refractivity (Wildman–Crippen MR) is 115 cm³/mol. The molecule has 4 aliphatic rings. The minimum atomic E-state index is 0.0853. The number of anilines is 1. The molecule has 0 aromatic carbocycles. The fraction of sp³-hybridized carbons (Fsp3) is 0.708. The van der Waals surface area contributed by atoms with Gasteiger partial charge >= 0.3 is 0 Å². The Labute approximate surface area is 178 Å². The summed E-state index contributed by atoms with van der Waals surface area (Å²) >= 11 is 0. The number of carbonyl (C=O) groups is 2. The maximum atomic E-state index is 12.7. The van der Waals surface area contributed by atoms with Crippen molar-refractivity contribution in [2.75, 3.05) is 12.4 Å². The minimum absolute atomic E-state index is 0.0853. The number of nitrogens with one attached hydrogen (secondary N) is 2. The number of carbonyl (C=O) groups excluding carboxylic acids is 2. The van der Waals surface area contributed by atoms with Gasteiger partial charge < -0.3 is 10.2 Å². The third-order valence-electron chi connectivity index (χ3n) is 9.52. The molecule has 30 heavy (non-hydrogen) atoms. The summed E-state index contributed by atoms with van der Waals surface area (Å²) in [5, 5.41) is 9.74. The van der Waals surface area contributed by atoms with Gasteiger partial charge in [0.05, 0.1) is 0 Å². The van der Waals surface area contributed by atoms with Crippen molar-refractivity contribution in [2.45, 2.75) is 64.8 Å². The second-order valence-corrected chi connectivity index (χ2v) is 10.6. The van der Waals surface area contributed by atoms with Crippen LogP contribution in [0.25, 0.3) is 0 Å². The average molecular weight is 411 g/mol. The van der Waals surface area contributed by atoms with E-state index in [1.165, 1.54) is 25.7 Å². The van der Waals surface area contributed by atoms with E-state index in [0.29, 0.717) is 42.0 Å². The predicted octanol–water partition coefficient (Wildman–Crippen LogP) is 3.99. The molecule has 7 atom stereocenters. The van der Waals surface area contributed by atoms with E-state index in [-0.39, 0.29) is 22.6 Å². The molecule has 1 aliphatic heterocycles. The molecule has 0 spiro atoms. The quantitative estimate of drug-likeness (QED) is 0.791. The van der Waals surface area contributed by atoms with Crippen LogP contribution in [0.3, 0.4) is 0 Å². The lowest BCUT2D eigenvalue weighted by molar-refractivity contribution is -0.139. The molecule has 0 unspecified atom stereocenters. The molecule has 0 bridgehead atoms. The van der Waals surface area contributed by atoms with Gasteiger partial charge in [0, 0.05) is 37.2 Å². The Bertz CT molecular complexity index is 865. The lowest BCUT2D eigenvalue weighted by atomic mass is 9.47. The molecular weight excluding hydrogens is 376 g/mol. The standard InChI is InChI=1S/C24H34N4O2/c1-23-11-8-18-16(5-7-19-24(18,2)12-9-22(30)28(19)3)17(23)6-4-15(23)14-21(29)26-20-10-13-25-27-20/h9-10,12-13,15-19H,4-8,11,14H2,1-3H3,(H2,25,26,27,29)/t15-,16+,17+,18+,19-,23-,24-/m1/s1.